The molecule has 4 rings (SSSR count). The van der Waals surface area contributed by atoms with Gasteiger partial charge in [0.25, 0.3) is 0 Å². The molecule has 1 aliphatic heterocycles. The van der Waals surface area contributed by atoms with E-state index in [1.165, 1.54) is 10.4 Å². The Morgan fingerprint density at radius 2 is 1.87 bits per heavy atom. The van der Waals surface area contributed by atoms with Crippen LogP contribution < -0.4 is 14.9 Å². The summed E-state index contributed by atoms with van der Waals surface area (Å²) in [6, 6.07) is 14.5. The van der Waals surface area contributed by atoms with E-state index in [1.807, 2.05) is 36.4 Å². The van der Waals surface area contributed by atoms with Crippen LogP contribution in [0.1, 0.15) is 24.0 Å². The number of rotatable bonds is 7. The Labute approximate surface area is 177 Å². The minimum Gasteiger partial charge on any atom is -0.356 e. The largest absolute Gasteiger partial charge is 0.356 e. The second-order valence-electron chi connectivity index (χ2n) is 7.88. The van der Waals surface area contributed by atoms with Crippen molar-refractivity contribution in [1.29, 1.82) is 0 Å². The van der Waals surface area contributed by atoms with Crippen molar-refractivity contribution >= 4 is 21.7 Å². The van der Waals surface area contributed by atoms with Crippen LogP contribution in [0.25, 0.3) is 0 Å². The second-order valence-corrected chi connectivity index (χ2v) is 9.89. The molecule has 160 valence electrons. The summed E-state index contributed by atoms with van der Waals surface area (Å²) in [7, 11) is -1.78. The number of halogens is 1. The number of para-hydroxylation sites is 1. The van der Waals surface area contributed by atoms with Gasteiger partial charge >= 0.3 is 0 Å². The van der Waals surface area contributed by atoms with Gasteiger partial charge in [-0.1, -0.05) is 36.4 Å². The van der Waals surface area contributed by atoms with Crippen molar-refractivity contribution in [3.8, 4) is 0 Å². The summed E-state index contributed by atoms with van der Waals surface area (Å²) in [4.78, 5) is 4.18. The molecule has 1 fully saturated rings. The summed E-state index contributed by atoms with van der Waals surface area (Å²) in [6.45, 7) is 1.28. The number of sulfonamides is 1. The fourth-order valence-electron chi connectivity index (χ4n) is 4.06. The zero-order valence-corrected chi connectivity index (χ0v) is 17.9. The number of hydrogen-bond acceptors (Lipinski definition) is 3. The van der Waals surface area contributed by atoms with Gasteiger partial charge in [-0.15, -0.1) is 0 Å². The molecule has 8 heteroatoms. The van der Waals surface area contributed by atoms with Crippen LogP contribution in [0.3, 0.4) is 0 Å². The van der Waals surface area contributed by atoms with Crippen molar-refractivity contribution < 1.29 is 12.8 Å². The molecule has 0 atom stereocenters. The number of anilines is 1. The summed E-state index contributed by atoms with van der Waals surface area (Å²) < 4.78 is 41.3. The van der Waals surface area contributed by atoms with Crippen LogP contribution >= 0.6 is 0 Å². The molecular weight excluding hydrogens is 403 g/mol. The first-order valence-corrected chi connectivity index (χ1v) is 11.8. The van der Waals surface area contributed by atoms with E-state index in [-0.39, 0.29) is 23.5 Å². The predicted molar refractivity (Wildman–Crippen MR) is 118 cm³/mol. The molecule has 30 heavy (non-hydrogen) atoms. The molecule has 0 aromatic heterocycles. The molecule has 0 spiro atoms. The van der Waals surface area contributed by atoms with E-state index in [4.69, 9.17) is 0 Å². The highest BCUT2D eigenvalue weighted by molar-refractivity contribution is 7.92. The van der Waals surface area contributed by atoms with E-state index >= 15 is 0 Å². The van der Waals surface area contributed by atoms with E-state index in [2.05, 4.69) is 15.6 Å². The van der Waals surface area contributed by atoms with Gasteiger partial charge < -0.3 is 10.6 Å². The summed E-state index contributed by atoms with van der Waals surface area (Å²) in [5.74, 6) is 0.312. The lowest BCUT2D eigenvalue weighted by atomic mass is 9.95. The third-order valence-corrected chi connectivity index (χ3v) is 7.72. The first kappa shape index (κ1) is 20.7. The fourth-order valence-corrected chi connectivity index (χ4v) is 5.49. The molecule has 1 saturated carbocycles. The van der Waals surface area contributed by atoms with Crippen LogP contribution in [0.4, 0.5) is 10.1 Å². The average Bonchev–Trinajstić information content (AvgIpc) is 3.39. The molecule has 2 aliphatic rings. The van der Waals surface area contributed by atoms with Crippen molar-refractivity contribution in [2.45, 2.75) is 24.7 Å². The molecule has 0 saturated heterocycles. The van der Waals surface area contributed by atoms with Gasteiger partial charge in [0.2, 0.25) is 10.0 Å². The van der Waals surface area contributed by atoms with E-state index in [0.717, 1.165) is 36.1 Å². The number of fused-ring (bicyclic) bond motifs is 1. The minimum absolute atomic E-state index is 0.0273. The van der Waals surface area contributed by atoms with E-state index in [1.54, 1.807) is 13.1 Å². The topological polar surface area (TPSA) is 73.8 Å². The number of benzene rings is 2. The van der Waals surface area contributed by atoms with Crippen molar-refractivity contribution in [2.24, 2.45) is 4.99 Å². The quantitative estimate of drug-likeness (QED) is 0.523. The highest BCUT2D eigenvalue weighted by atomic mass is 32.2. The van der Waals surface area contributed by atoms with Gasteiger partial charge in [0.1, 0.15) is 5.82 Å². The van der Waals surface area contributed by atoms with Crippen LogP contribution in [0, 0.1) is 5.82 Å². The summed E-state index contributed by atoms with van der Waals surface area (Å²) in [6.07, 6.45) is 2.57. The predicted octanol–water partition coefficient (Wildman–Crippen LogP) is 2.41. The number of guanidine groups is 1. The van der Waals surface area contributed by atoms with E-state index in [9.17, 15) is 12.8 Å². The summed E-state index contributed by atoms with van der Waals surface area (Å²) in [5, 5.41) is 6.31. The zero-order chi connectivity index (χ0) is 21.2. The van der Waals surface area contributed by atoms with E-state index in [0.29, 0.717) is 19.0 Å². The van der Waals surface area contributed by atoms with Gasteiger partial charge in [-0.25, -0.2) is 12.8 Å². The molecule has 6 nitrogen and oxygen atoms in total. The monoisotopic (exact) mass is 430 g/mol. The Bertz CT molecular complexity index is 1050. The highest BCUT2D eigenvalue weighted by Crippen LogP contribution is 2.48. The number of aliphatic imine (C=N–C) groups is 1. The summed E-state index contributed by atoms with van der Waals surface area (Å²) in [5.41, 5.74) is 2.35. The lowest BCUT2D eigenvalue weighted by Crippen LogP contribution is -2.44. The van der Waals surface area contributed by atoms with Gasteiger partial charge in [-0.2, -0.15) is 0 Å². The van der Waals surface area contributed by atoms with Crippen molar-refractivity contribution in [1.82, 2.24) is 10.6 Å². The van der Waals surface area contributed by atoms with Crippen LogP contribution in [-0.4, -0.2) is 46.8 Å². The molecule has 1 heterocycles. The molecule has 0 unspecified atom stereocenters. The Morgan fingerprint density at radius 3 is 2.60 bits per heavy atom. The molecule has 1 aliphatic carbocycles. The maximum absolute atomic E-state index is 14.2. The average molecular weight is 431 g/mol. The lowest BCUT2D eigenvalue weighted by molar-refractivity contribution is 0.559. The van der Waals surface area contributed by atoms with Gasteiger partial charge in [0.05, 0.1) is 11.4 Å². The van der Waals surface area contributed by atoms with Gasteiger partial charge in [0, 0.05) is 32.1 Å². The highest BCUT2D eigenvalue weighted by Gasteiger charge is 2.45. The van der Waals surface area contributed by atoms with Crippen LogP contribution in [-0.2, 0) is 21.9 Å². The summed E-state index contributed by atoms with van der Waals surface area (Å²) >= 11 is 0. The fraction of sp³-hybridized carbons (Fsp3) is 0.409. The normalized spacial score (nSPS) is 17.5. The van der Waals surface area contributed by atoms with Crippen molar-refractivity contribution in [3.63, 3.8) is 0 Å². The lowest BCUT2D eigenvalue weighted by Gasteiger charge is -2.21. The number of nitrogens with zero attached hydrogens (tertiary/aromatic N) is 2. The maximum atomic E-state index is 14.2. The molecule has 0 radical (unpaired) electrons. The molecule has 2 aromatic rings. The standard InChI is InChI=1S/C22H27FN4O2S/c1-24-21(26-16-22(11-12-22)18-7-3-4-8-19(18)23)25-13-15-30(28,29)27-14-10-17-6-2-5-9-20(17)27/h2-9H,10-16H2,1H3,(H2,24,25,26). The van der Waals surface area contributed by atoms with Gasteiger partial charge in [-0.3, -0.25) is 9.30 Å². The van der Waals surface area contributed by atoms with Crippen LogP contribution in [0.15, 0.2) is 53.5 Å². The van der Waals surface area contributed by atoms with Crippen LogP contribution in [0.5, 0.6) is 0 Å². The first-order chi connectivity index (χ1) is 14.5. The molecule has 0 amide bonds. The smallest absolute Gasteiger partial charge is 0.236 e. The maximum Gasteiger partial charge on any atom is 0.236 e. The molecule has 2 N–H and O–H groups in total. The van der Waals surface area contributed by atoms with Crippen LogP contribution in [0.2, 0.25) is 0 Å². The Balaban J connectivity index is 1.31. The van der Waals surface area contributed by atoms with Gasteiger partial charge in [0.15, 0.2) is 5.96 Å². The van der Waals surface area contributed by atoms with Crippen molar-refractivity contribution in [2.75, 3.05) is 36.7 Å². The molecular formula is C22H27FN4O2S. The molecule has 0 bridgehead atoms. The SMILES string of the molecule is CN=C(NCCS(=O)(=O)N1CCc2ccccc21)NCC1(c2ccccc2F)CC1. The van der Waals surface area contributed by atoms with E-state index < -0.39 is 10.0 Å². The third-order valence-electron chi connectivity index (χ3n) is 5.95. The third kappa shape index (κ3) is 4.14. The van der Waals surface area contributed by atoms with Gasteiger partial charge in [-0.05, 0) is 42.5 Å². The number of hydrogen-bond donors (Lipinski definition) is 2. The Morgan fingerprint density at radius 1 is 1.13 bits per heavy atom. The van der Waals surface area contributed by atoms with Crippen molar-refractivity contribution in [3.05, 3.63) is 65.5 Å². The molecule has 2 aromatic carbocycles. The minimum atomic E-state index is -3.42. The number of nitrogens with one attached hydrogen (secondary N) is 2. The second kappa shape index (κ2) is 8.26. The zero-order valence-electron chi connectivity index (χ0n) is 17.1. The first-order valence-electron chi connectivity index (χ1n) is 10.2. The Kier molecular flexibility index (Phi) is 5.69. The Hall–Kier alpha value is -2.61.